The van der Waals surface area contributed by atoms with E-state index in [2.05, 4.69) is 0 Å². The van der Waals surface area contributed by atoms with Gasteiger partial charge in [-0.3, -0.25) is 0 Å². The van der Waals surface area contributed by atoms with Crippen molar-refractivity contribution < 1.29 is 45.2 Å². The summed E-state index contributed by atoms with van der Waals surface area (Å²) in [4.78, 5) is 0. The van der Waals surface area contributed by atoms with Gasteiger partial charge in [-0.05, 0) is 32.6 Å². The molecule has 1 fully saturated rings. The van der Waals surface area contributed by atoms with Crippen LogP contribution in [0.3, 0.4) is 0 Å². The van der Waals surface area contributed by atoms with Gasteiger partial charge in [0.15, 0.2) is 6.29 Å². The summed E-state index contributed by atoms with van der Waals surface area (Å²) in [5.41, 5.74) is 0. The van der Waals surface area contributed by atoms with E-state index in [-0.39, 0.29) is 12.7 Å². The van der Waals surface area contributed by atoms with Gasteiger partial charge in [-0.2, -0.15) is 0 Å². The summed E-state index contributed by atoms with van der Waals surface area (Å²) in [6.45, 7) is 1.40. The highest BCUT2D eigenvalue weighted by atomic mass is 16.7. The SMILES string of the molecule is C[C@@H](O)C[C@@H](O)CCCCCCCCCCCCCCCCCCCCC[C@@H](O)CCO[C@H]1OC(CO)[C@@H](O)C(O)[C@H]1O. The number of hydrogen-bond acceptors (Lipinski definition) is 9. The first-order valence-electron chi connectivity index (χ1n) is 17.7. The van der Waals surface area contributed by atoms with Crippen LogP contribution in [0.15, 0.2) is 0 Å². The normalized spacial score (nSPS) is 24.7. The Morgan fingerprint density at radius 3 is 1.33 bits per heavy atom. The monoisotopic (exact) mass is 620 g/mol. The number of hydrogen-bond donors (Lipinski definition) is 7. The van der Waals surface area contributed by atoms with Crippen molar-refractivity contribution >= 4 is 0 Å². The second-order valence-electron chi connectivity index (χ2n) is 13.0. The Labute approximate surface area is 262 Å². The molecule has 0 aromatic heterocycles. The molecule has 0 radical (unpaired) electrons. The molecule has 8 atom stereocenters. The van der Waals surface area contributed by atoms with Crippen molar-refractivity contribution in [2.45, 2.75) is 204 Å². The van der Waals surface area contributed by atoms with Gasteiger partial charge in [-0.25, -0.2) is 0 Å². The molecule has 2 unspecified atom stereocenters. The van der Waals surface area contributed by atoms with Crippen LogP contribution in [0.2, 0.25) is 0 Å². The Kier molecular flexibility index (Phi) is 25.4. The van der Waals surface area contributed by atoms with Crippen molar-refractivity contribution in [3.05, 3.63) is 0 Å². The summed E-state index contributed by atoms with van der Waals surface area (Å²) in [7, 11) is 0. The molecule has 7 N–H and O–H groups in total. The lowest BCUT2D eigenvalue weighted by atomic mass is 9.99. The summed E-state index contributed by atoms with van der Waals surface area (Å²) >= 11 is 0. The number of unbranched alkanes of at least 4 members (excludes halogenated alkanes) is 18. The van der Waals surface area contributed by atoms with Gasteiger partial charge in [0, 0.05) is 0 Å². The molecule has 1 rings (SSSR count). The Morgan fingerprint density at radius 2 is 0.930 bits per heavy atom. The van der Waals surface area contributed by atoms with E-state index < -0.39 is 49.5 Å². The summed E-state index contributed by atoms with van der Waals surface area (Å²) in [5.74, 6) is 0. The van der Waals surface area contributed by atoms with Gasteiger partial charge in [0.2, 0.25) is 0 Å². The van der Waals surface area contributed by atoms with Crippen molar-refractivity contribution in [1.29, 1.82) is 0 Å². The molecule has 0 amide bonds. The van der Waals surface area contributed by atoms with Crippen molar-refractivity contribution in [2.75, 3.05) is 13.2 Å². The molecule has 0 saturated carbocycles. The Morgan fingerprint density at radius 1 is 0.535 bits per heavy atom. The summed E-state index contributed by atoms with van der Waals surface area (Å²) in [6.07, 6.45) is 19.0. The number of ether oxygens (including phenoxy) is 2. The average Bonchev–Trinajstić information content (AvgIpc) is 2.97. The molecule has 0 aromatic carbocycles. The maximum Gasteiger partial charge on any atom is 0.186 e. The van der Waals surface area contributed by atoms with Crippen LogP contribution in [-0.2, 0) is 9.47 Å². The maximum atomic E-state index is 10.2. The van der Waals surface area contributed by atoms with Crippen LogP contribution in [0.1, 0.15) is 155 Å². The molecule has 0 aliphatic carbocycles. The third kappa shape index (κ3) is 21.1. The lowest BCUT2D eigenvalue weighted by Gasteiger charge is -2.39. The van der Waals surface area contributed by atoms with Crippen molar-refractivity contribution in [3.8, 4) is 0 Å². The van der Waals surface area contributed by atoms with Gasteiger partial charge in [0.25, 0.3) is 0 Å². The first-order chi connectivity index (χ1) is 20.8. The maximum absolute atomic E-state index is 10.2. The van der Waals surface area contributed by atoms with Gasteiger partial charge < -0.3 is 45.2 Å². The van der Waals surface area contributed by atoms with E-state index in [0.717, 1.165) is 25.7 Å². The fraction of sp³-hybridized carbons (Fsp3) is 1.00. The van der Waals surface area contributed by atoms with Crippen molar-refractivity contribution in [3.63, 3.8) is 0 Å². The third-order valence-electron chi connectivity index (χ3n) is 8.77. The molecule has 43 heavy (non-hydrogen) atoms. The van der Waals surface area contributed by atoms with E-state index in [4.69, 9.17) is 9.47 Å². The largest absolute Gasteiger partial charge is 0.394 e. The van der Waals surface area contributed by atoms with E-state index in [1.807, 2.05) is 0 Å². The molecule has 9 heteroatoms. The standard InChI is InChI=1S/C34H68O9/c1-27(36)25-29(38)22-20-18-16-14-12-10-8-6-4-2-3-5-7-9-11-13-15-17-19-21-28(37)23-24-42-34-33(41)32(40)31(39)30(26-35)43-34/h27-41H,2-26H2,1H3/t27-,28-,29+,30?,31-,32?,33-,34+/m1/s1. The van der Waals surface area contributed by atoms with Gasteiger partial charge in [-0.1, -0.05) is 122 Å². The molecule has 9 nitrogen and oxygen atoms in total. The highest BCUT2D eigenvalue weighted by Crippen LogP contribution is 2.22. The second kappa shape index (κ2) is 26.8. The second-order valence-corrected chi connectivity index (χ2v) is 13.0. The predicted octanol–water partition coefficient (Wildman–Crippen LogP) is 4.88. The molecule has 0 spiro atoms. The quantitative estimate of drug-likeness (QED) is 0.0579. The topological polar surface area (TPSA) is 160 Å². The Balaban J connectivity index is 1.79. The highest BCUT2D eigenvalue weighted by Gasteiger charge is 2.43. The van der Waals surface area contributed by atoms with Crippen LogP contribution in [0.4, 0.5) is 0 Å². The summed E-state index contributed by atoms with van der Waals surface area (Å²) < 4.78 is 10.8. The Bertz CT molecular complexity index is 606. The van der Waals surface area contributed by atoms with E-state index in [9.17, 15) is 35.7 Å². The molecule has 0 aromatic rings. The minimum atomic E-state index is -1.45. The zero-order chi connectivity index (χ0) is 31.7. The zero-order valence-corrected chi connectivity index (χ0v) is 27.2. The minimum absolute atomic E-state index is 0.158. The van der Waals surface area contributed by atoms with Crippen LogP contribution < -0.4 is 0 Å². The highest BCUT2D eigenvalue weighted by molar-refractivity contribution is 4.88. The zero-order valence-electron chi connectivity index (χ0n) is 27.2. The fourth-order valence-electron chi connectivity index (χ4n) is 5.95. The van der Waals surface area contributed by atoms with Gasteiger partial charge in [-0.15, -0.1) is 0 Å². The first-order valence-corrected chi connectivity index (χ1v) is 17.7. The van der Waals surface area contributed by atoms with Gasteiger partial charge in [0.1, 0.15) is 24.4 Å². The van der Waals surface area contributed by atoms with Crippen LogP contribution in [0, 0.1) is 0 Å². The summed E-state index contributed by atoms with van der Waals surface area (Å²) in [6, 6.07) is 0. The van der Waals surface area contributed by atoms with E-state index in [0.29, 0.717) is 19.3 Å². The average molecular weight is 621 g/mol. The van der Waals surface area contributed by atoms with E-state index >= 15 is 0 Å². The number of aliphatic hydroxyl groups is 7. The van der Waals surface area contributed by atoms with Crippen molar-refractivity contribution in [1.82, 2.24) is 0 Å². The lowest BCUT2D eigenvalue weighted by molar-refractivity contribution is -0.301. The van der Waals surface area contributed by atoms with E-state index in [1.54, 1.807) is 6.92 Å². The molecule has 1 heterocycles. The van der Waals surface area contributed by atoms with E-state index in [1.165, 1.54) is 103 Å². The molecule has 1 aliphatic rings. The third-order valence-corrected chi connectivity index (χ3v) is 8.77. The minimum Gasteiger partial charge on any atom is -0.394 e. The van der Waals surface area contributed by atoms with Gasteiger partial charge in [0.05, 0.1) is 31.5 Å². The molecule has 0 bridgehead atoms. The molecule has 1 saturated heterocycles. The van der Waals surface area contributed by atoms with Crippen LogP contribution in [-0.4, -0.2) is 98.0 Å². The van der Waals surface area contributed by atoms with Gasteiger partial charge >= 0.3 is 0 Å². The molecule has 1 aliphatic heterocycles. The Hall–Kier alpha value is -0.360. The number of aliphatic hydroxyl groups excluding tert-OH is 7. The fourth-order valence-corrected chi connectivity index (χ4v) is 5.95. The van der Waals surface area contributed by atoms with Crippen LogP contribution in [0.25, 0.3) is 0 Å². The lowest BCUT2D eigenvalue weighted by Crippen LogP contribution is -2.59. The summed E-state index contributed by atoms with van der Waals surface area (Å²) in [5, 5.41) is 68.0. The smallest absolute Gasteiger partial charge is 0.186 e. The number of rotatable bonds is 29. The molecule has 258 valence electrons. The molecular formula is C34H68O9. The first kappa shape index (κ1) is 40.7. The molecular weight excluding hydrogens is 552 g/mol. The van der Waals surface area contributed by atoms with Crippen molar-refractivity contribution in [2.24, 2.45) is 0 Å². The van der Waals surface area contributed by atoms with Crippen LogP contribution >= 0.6 is 0 Å². The van der Waals surface area contributed by atoms with Crippen LogP contribution in [0.5, 0.6) is 0 Å². The predicted molar refractivity (Wildman–Crippen MR) is 170 cm³/mol.